The van der Waals surface area contributed by atoms with Gasteiger partial charge in [0, 0.05) is 11.4 Å². The molecule has 0 saturated heterocycles. The minimum atomic E-state index is -0.598. The summed E-state index contributed by atoms with van der Waals surface area (Å²) >= 11 is 8.37. The average Bonchev–Trinajstić information content (AvgIpc) is 3.53. The third-order valence-corrected chi connectivity index (χ3v) is 6.63. The van der Waals surface area contributed by atoms with E-state index in [1.54, 1.807) is 31.4 Å². The van der Waals surface area contributed by atoms with Gasteiger partial charge in [0.25, 0.3) is 5.91 Å². The summed E-state index contributed by atoms with van der Waals surface area (Å²) in [5, 5.41) is 17.3. The standard InChI is InChI=1S/C20H18ClN5O4S2/c1-2-29-19(28)22-18-23-24-20(32-18)31-11-17(27)26-15(16-4-3-9-30-16)10-14(25-26)12-5-7-13(21)8-6-12/h3-9,15H,2,10-11H2,1H3,(H,22,23,28). The van der Waals surface area contributed by atoms with E-state index in [-0.39, 0.29) is 24.3 Å². The molecular formula is C20H18ClN5O4S2. The molecule has 3 heterocycles. The van der Waals surface area contributed by atoms with Crippen LogP contribution in [-0.2, 0) is 9.53 Å². The van der Waals surface area contributed by atoms with Gasteiger partial charge in [-0.15, -0.1) is 10.2 Å². The second kappa shape index (κ2) is 10.2. The van der Waals surface area contributed by atoms with Gasteiger partial charge in [0.1, 0.15) is 11.8 Å². The Morgan fingerprint density at radius 3 is 2.84 bits per heavy atom. The Kier molecular flexibility index (Phi) is 7.08. The van der Waals surface area contributed by atoms with Crippen molar-refractivity contribution in [3.05, 3.63) is 59.0 Å². The van der Waals surface area contributed by atoms with Crippen molar-refractivity contribution >= 4 is 57.5 Å². The van der Waals surface area contributed by atoms with Gasteiger partial charge in [-0.1, -0.05) is 46.8 Å². The van der Waals surface area contributed by atoms with Crippen molar-refractivity contribution in [2.45, 2.75) is 23.7 Å². The largest absolute Gasteiger partial charge is 0.467 e. The van der Waals surface area contributed by atoms with Crippen LogP contribution in [-0.4, -0.2) is 45.3 Å². The molecule has 0 spiro atoms. The molecule has 32 heavy (non-hydrogen) atoms. The number of aromatic nitrogens is 2. The highest BCUT2D eigenvalue weighted by Gasteiger charge is 2.34. The van der Waals surface area contributed by atoms with Crippen molar-refractivity contribution in [3.63, 3.8) is 0 Å². The van der Waals surface area contributed by atoms with E-state index >= 15 is 0 Å². The molecule has 0 aliphatic carbocycles. The predicted molar refractivity (Wildman–Crippen MR) is 122 cm³/mol. The number of benzene rings is 1. The van der Waals surface area contributed by atoms with Gasteiger partial charge in [-0.25, -0.2) is 9.80 Å². The van der Waals surface area contributed by atoms with Gasteiger partial charge in [-0.2, -0.15) is 5.10 Å². The Morgan fingerprint density at radius 2 is 2.12 bits per heavy atom. The lowest BCUT2D eigenvalue weighted by molar-refractivity contribution is -0.130. The molecule has 1 aliphatic heterocycles. The summed E-state index contributed by atoms with van der Waals surface area (Å²) in [5.41, 5.74) is 1.67. The first-order valence-electron chi connectivity index (χ1n) is 9.62. The van der Waals surface area contributed by atoms with E-state index in [0.29, 0.717) is 26.7 Å². The van der Waals surface area contributed by atoms with Crippen LogP contribution in [0.25, 0.3) is 0 Å². The number of anilines is 1. The van der Waals surface area contributed by atoms with Gasteiger partial charge in [0.05, 0.1) is 24.3 Å². The van der Waals surface area contributed by atoms with Crippen LogP contribution in [0.15, 0.2) is 56.5 Å². The highest BCUT2D eigenvalue weighted by atomic mass is 35.5. The maximum Gasteiger partial charge on any atom is 0.413 e. The number of rotatable bonds is 7. The zero-order valence-corrected chi connectivity index (χ0v) is 19.2. The zero-order valence-electron chi connectivity index (χ0n) is 16.9. The first-order chi connectivity index (χ1) is 15.5. The van der Waals surface area contributed by atoms with Crippen molar-refractivity contribution in [2.75, 3.05) is 17.7 Å². The van der Waals surface area contributed by atoms with Gasteiger partial charge >= 0.3 is 6.09 Å². The van der Waals surface area contributed by atoms with Gasteiger partial charge in [0.15, 0.2) is 4.34 Å². The summed E-state index contributed by atoms with van der Waals surface area (Å²) in [6.45, 7) is 1.97. The molecule has 0 fully saturated rings. The van der Waals surface area contributed by atoms with Gasteiger partial charge in [-0.3, -0.25) is 10.1 Å². The fraction of sp³-hybridized carbons (Fsp3) is 0.250. The number of halogens is 1. The number of thioether (sulfide) groups is 1. The third-order valence-electron chi connectivity index (χ3n) is 4.42. The van der Waals surface area contributed by atoms with Crippen molar-refractivity contribution in [2.24, 2.45) is 5.10 Å². The smallest absolute Gasteiger partial charge is 0.413 e. The predicted octanol–water partition coefficient (Wildman–Crippen LogP) is 4.82. The highest BCUT2D eigenvalue weighted by Crippen LogP contribution is 2.34. The maximum absolute atomic E-state index is 13.0. The summed E-state index contributed by atoms with van der Waals surface area (Å²) in [6, 6.07) is 10.6. The van der Waals surface area contributed by atoms with Crippen molar-refractivity contribution in [3.8, 4) is 0 Å². The lowest BCUT2D eigenvalue weighted by Gasteiger charge is -2.19. The summed E-state index contributed by atoms with van der Waals surface area (Å²) < 4.78 is 10.9. The van der Waals surface area contributed by atoms with Crippen LogP contribution in [0.2, 0.25) is 5.02 Å². The summed E-state index contributed by atoms with van der Waals surface area (Å²) in [4.78, 5) is 24.5. The number of hydrogen-bond acceptors (Lipinski definition) is 9. The molecule has 9 nitrogen and oxygen atoms in total. The van der Waals surface area contributed by atoms with Crippen LogP contribution in [0.3, 0.4) is 0 Å². The Labute approximate surface area is 196 Å². The second-order valence-corrected chi connectivity index (χ2v) is 9.17. The van der Waals surface area contributed by atoms with Crippen LogP contribution < -0.4 is 5.32 Å². The molecule has 166 valence electrons. The van der Waals surface area contributed by atoms with Gasteiger partial charge in [-0.05, 0) is 36.8 Å². The quantitative estimate of drug-likeness (QED) is 0.372. The number of nitrogens with zero attached hydrogens (tertiary/aromatic N) is 4. The molecule has 2 aromatic heterocycles. The molecule has 3 aromatic rings. The molecule has 1 aromatic carbocycles. The minimum absolute atomic E-state index is 0.0998. The van der Waals surface area contributed by atoms with Crippen LogP contribution in [0, 0.1) is 0 Å². The van der Waals surface area contributed by atoms with E-state index < -0.39 is 6.09 Å². The number of hydrogen-bond donors (Lipinski definition) is 1. The highest BCUT2D eigenvalue weighted by molar-refractivity contribution is 8.01. The molecule has 0 bridgehead atoms. The van der Waals surface area contributed by atoms with Gasteiger partial charge < -0.3 is 9.15 Å². The fourth-order valence-electron chi connectivity index (χ4n) is 3.02. The van der Waals surface area contributed by atoms with E-state index in [4.69, 9.17) is 20.8 Å². The second-order valence-electron chi connectivity index (χ2n) is 6.53. The maximum atomic E-state index is 13.0. The average molecular weight is 492 g/mol. The van der Waals surface area contributed by atoms with E-state index in [9.17, 15) is 9.59 Å². The van der Waals surface area contributed by atoms with Crippen molar-refractivity contribution in [1.82, 2.24) is 15.2 Å². The lowest BCUT2D eigenvalue weighted by atomic mass is 10.0. The molecule has 1 unspecified atom stereocenters. The topological polar surface area (TPSA) is 110 Å². The van der Waals surface area contributed by atoms with Crippen LogP contribution in [0.1, 0.15) is 30.7 Å². The molecule has 2 amide bonds. The molecule has 0 saturated carbocycles. The van der Waals surface area contributed by atoms with E-state index in [0.717, 1.165) is 22.6 Å². The van der Waals surface area contributed by atoms with E-state index in [1.807, 2.05) is 18.2 Å². The van der Waals surface area contributed by atoms with Crippen LogP contribution in [0.5, 0.6) is 0 Å². The molecule has 0 radical (unpaired) electrons. The number of carbonyl (C=O) groups is 2. The molecule has 1 aliphatic rings. The fourth-order valence-corrected chi connectivity index (χ4v) is 4.74. The summed E-state index contributed by atoms with van der Waals surface area (Å²) in [7, 11) is 0. The first kappa shape index (κ1) is 22.3. The van der Waals surface area contributed by atoms with E-state index in [2.05, 4.69) is 20.6 Å². The molecule has 1 N–H and O–H groups in total. The van der Waals surface area contributed by atoms with Crippen molar-refractivity contribution < 1.29 is 18.7 Å². The molecule has 4 rings (SSSR count). The number of hydrazone groups is 1. The first-order valence-corrected chi connectivity index (χ1v) is 11.8. The Morgan fingerprint density at radius 1 is 1.31 bits per heavy atom. The van der Waals surface area contributed by atoms with Crippen LogP contribution in [0.4, 0.5) is 9.93 Å². The number of amides is 2. The number of nitrogens with one attached hydrogen (secondary N) is 1. The molecule has 12 heteroatoms. The number of ether oxygens (including phenoxy) is 1. The number of carbonyl (C=O) groups excluding carboxylic acids is 2. The SMILES string of the molecule is CCOC(=O)Nc1nnc(SCC(=O)N2N=C(c3ccc(Cl)cc3)CC2c2ccco2)s1. The summed E-state index contributed by atoms with van der Waals surface area (Å²) in [5.74, 6) is 0.561. The molecule has 1 atom stereocenters. The number of furan rings is 1. The Balaban J connectivity index is 1.45. The van der Waals surface area contributed by atoms with Gasteiger partial charge in [0.2, 0.25) is 5.13 Å². The lowest BCUT2D eigenvalue weighted by Crippen LogP contribution is -2.28. The third kappa shape index (κ3) is 5.29. The van der Waals surface area contributed by atoms with Crippen LogP contribution >= 0.6 is 34.7 Å². The van der Waals surface area contributed by atoms with Crippen molar-refractivity contribution in [1.29, 1.82) is 0 Å². The normalized spacial score (nSPS) is 15.5. The monoisotopic (exact) mass is 491 g/mol. The Bertz CT molecular complexity index is 1120. The minimum Gasteiger partial charge on any atom is -0.467 e. The van der Waals surface area contributed by atoms with E-state index in [1.165, 1.54) is 16.8 Å². The molecular weight excluding hydrogens is 474 g/mol. The summed E-state index contributed by atoms with van der Waals surface area (Å²) in [6.07, 6.45) is 1.50. The zero-order chi connectivity index (χ0) is 22.5. The Hall–Kier alpha value is -2.89.